The molecule has 0 heterocycles. The minimum Gasteiger partial charge on any atom is -0.303 e. The van der Waals surface area contributed by atoms with Crippen molar-refractivity contribution in [3.05, 3.63) is 34.9 Å². The summed E-state index contributed by atoms with van der Waals surface area (Å²) in [6, 6.07) is 7.90. The van der Waals surface area contributed by atoms with Crippen molar-refractivity contribution < 1.29 is 4.79 Å². The second-order valence-electron chi connectivity index (χ2n) is 4.65. The molecule has 0 N–H and O–H groups in total. The van der Waals surface area contributed by atoms with E-state index < -0.39 is 0 Å². The standard InChI is InChI=1S/C13H15ClO/c1-9(2)13(7-11(13)8-15)10-3-5-12(14)6-4-10/h3-6,8-9,11H,7H2,1-2H3. The topological polar surface area (TPSA) is 17.1 Å². The molecule has 0 saturated heterocycles. The molecule has 2 rings (SSSR count). The maximum atomic E-state index is 10.9. The van der Waals surface area contributed by atoms with Crippen LogP contribution in [0.3, 0.4) is 0 Å². The predicted octanol–water partition coefficient (Wildman–Crippen LogP) is 3.45. The van der Waals surface area contributed by atoms with E-state index in [1.165, 1.54) is 5.56 Å². The van der Waals surface area contributed by atoms with Crippen LogP contribution in [-0.2, 0) is 10.2 Å². The quantitative estimate of drug-likeness (QED) is 0.716. The highest BCUT2D eigenvalue weighted by Crippen LogP contribution is 2.58. The number of carbonyl (C=O) groups is 1. The summed E-state index contributed by atoms with van der Waals surface area (Å²) in [6.07, 6.45) is 2.07. The summed E-state index contributed by atoms with van der Waals surface area (Å²) >= 11 is 5.86. The average Bonchev–Trinajstić information content (AvgIpc) is 2.94. The molecule has 2 unspecified atom stereocenters. The van der Waals surface area contributed by atoms with E-state index in [0.717, 1.165) is 17.7 Å². The number of carbonyl (C=O) groups excluding carboxylic acids is 1. The normalized spacial score (nSPS) is 29.2. The monoisotopic (exact) mass is 222 g/mol. The van der Waals surface area contributed by atoms with Crippen molar-refractivity contribution in [2.75, 3.05) is 0 Å². The zero-order chi connectivity index (χ0) is 11.1. The Balaban J connectivity index is 2.36. The molecule has 0 aromatic heterocycles. The molecule has 1 nitrogen and oxygen atoms in total. The molecule has 1 aromatic rings. The molecule has 15 heavy (non-hydrogen) atoms. The lowest BCUT2D eigenvalue weighted by Gasteiger charge is -2.21. The fourth-order valence-electron chi connectivity index (χ4n) is 2.56. The molecule has 0 spiro atoms. The summed E-state index contributed by atoms with van der Waals surface area (Å²) in [5.74, 6) is 0.688. The van der Waals surface area contributed by atoms with Crippen LogP contribution in [0.15, 0.2) is 24.3 Å². The number of hydrogen-bond acceptors (Lipinski definition) is 1. The molecule has 0 radical (unpaired) electrons. The Hall–Kier alpha value is -0.820. The van der Waals surface area contributed by atoms with Crippen LogP contribution in [0.1, 0.15) is 25.8 Å². The van der Waals surface area contributed by atoms with E-state index in [1.807, 2.05) is 24.3 Å². The maximum Gasteiger partial charge on any atom is 0.124 e. The first-order valence-corrected chi connectivity index (χ1v) is 5.70. The van der Waals surface area contributed by atoms with E-state index in [4.69, 9.17) is 11.6 Å². The van der Waals surface area contributed by atoms with Crippen molar-refractivity contribution in [3.8, 4) is 0 Å². The zero-order valence-electron chi connectivity index (χ0n) is 9.03. The van der Waals surface area contributed by atoms with Gasteiger partial charge in [0, 0.05) is 16.4 Å². The third-order valence-electron chi connectivity index (χ3n) is 3.64. The smallest absolute Gasteiger partial charge is 0.124 e. The van der Waals surface area contributed by atoms with Crippen LogP contribution in [0.5, 0.6) is 0 Å². The molecule has 2 atom stereocenters. The highest BCUT2D eigenvalue weighted by Gasteiger charge is 2.56. The largest absolute Gasteiger partial charge is 0.303 e. The van der Waals surface area contributed by atoms with E-state index in [9.17, 15) is 4.79 Å². The Morgan fingerprint density at radius 3 is 2.40 bits per heavy atom. The van der Waals surface area contributed by atoms with Crippen LogP contribution in [0.4, 0.5) is 0 Å². The van der Waals surface area contributed by atoms with E-state index >= 15 is 0 Å². The number of halogens is 1. The second-order valence-corrected chi connectivity index (χ2v) is 5.09. The molecule has 2 heteroatoms. The van der Waals surface area contributed by atoms with Crippen LogP contribution in [0, 0.1) is 11.8 Å². The van der Waals surface area contributed by atoms with Gasteiger partial charge in [-0.15, -0.1) is 0 Å². The first-order valence-electron chi connectivity index (χ1n) is 5.32. The average molecular weight is 223 g/mol. The number of benzene rings is 1. The third-order valence-corrected chi connectivity index (χ3v) is 3.89. The number of hydrogen-bond donors (Lipinski definition) is 0. The van der Waals surface area contributed by atoms with Crippen molar-refractivity contribution in [2.24, 2.45) is 11.8 Å². The van der Waals surface area contributed by atoms with Gasteiger partial charge in [0.2, 0.25) is 0 Å². The van der Waals surface area contributed by atoms with Gasteiger partial charge in [0.05, 0.1) is 0 Å². The van der Waals surface area contributed by atoms with Crippen molar-refractivity contribution in [3.63, 3.8) is 0 Å². The molecule has 1 aliphatic rings. The van der Waals surface area contributed by atoms with Gasteiger partial charge in [-0.25, -0.2) is 0 Å². The minimum absolute atomic E-state index is 0.0757. The van der Waals surface area contributed by atoms with Gasteiger partial charge < -0.3 is 4.79 Å². The molecular formula is C13H15ClO. The second kappa shape index (κ2) is 3.64. The lowest BCUT2D eigenvalue weighted by molar-refractivity contribution is -0.109. The summed E-state index contributed by atoms with van der Waals surface area (Å²) < 4.78 is 0. The third kappa shape index (κ3) is 1.59. The van der Waals surface area contributed by atoms with E-state index in [-0.39, 0.29) is 11.3 Å². The van der Waals surface area contributed by atoms with Gasteiger partial charge in [0.1, 0.15) is 6.29 Å². The molecule has 0 amide bonds. The molecule has 80 valence electrons. The summed E-state index contributed by atoms with van der Waals surface area (Å²) in [6.45, 7) is 4.36. The Bertz CT molecular complexity index is 369. The Labute approximate surface area is 95.4 Å². The van der Waals surface area contributed by atoms with Crippen molar-refractivity contribution in [2.45, 2.75) is 25.7 Å². The predicted molar refractivity (Wildman–Crippen MR) is 62.1 cm³/mol. The number of aldehydes is 1. The SMILES string of the molecule is CC(C)C1(c2ccc(Cl)cc2)CC1C=O. The highest BCUT2D eigenvalue weighted by atomic mass is 35.5. The van der Waals surface area contributed by atoms with Crippen molar-refractivity contribution in [1.29, 1.82) is 0 Å². The van der Waals surface area contributed by atoms with Crippen LogP contribution >= 0.6 is 11.6 Å². The van der Waals surface area contributed by atoms with Gasteiger partial charge in [0.25, 0.3) is 0 Å². The zero-order valence-corrected chi connectivity index (χ0v) is 9.79. The van der Waals surface area contributed by atoms with Crippen molar-refractivity contribution >= 4 is 17.9 Å². The van der Waals surface area contributed by atoms with Crippen LogP contribution in [0.25, 0.3) is 0 Å². The van der Waals surface area contributed by atoms with Gasteiger partial charge in [-0.2, -0.15) is 0 Å². The maximum absolute atomic E-state index is 10.9. The molecule has 0 bridgehead atoms. The fourth-order valence-corrected chi connectivity index (χ4v) is 2.69. The van der Waals surface area contributed by atoms with Crippen LogP contribution in [0.2, 0.25) is 5.02 Å². The first-order chi connectivity index (χ1) is 7.11. The lowest BCUT2D eigenvalue weighted by Crippen LogP contribution is -2.18. The van der Waals surface area contributed by atoms with Gasteiger partial charge in [-0.1, -0.05) is 37.6 Å². The van der Waals surface area contributed by atoms with Crippen LogP contribution < -0.4 is 0 Å². The Kier molecular flexibility index (Phi) is 2.59. The molecule has 1 fully saturated rings. The molecule has 1 aliphatic carbocycles. The molecular weight excluding hydrogens is 208 g/mol. The molecule has 0 aliphatic heterocycles. The summed E-state index contributed by atoms with van der Waals surface area (Å²) in [5.41, 5.74) is 1.32. The highest BCUT2D eigenvalue weighted by molar-refractivity contribution is 6.30. The van der Waals surface area contributed by atoms with E-state index in [2.05, 4.69) is 13.8 Å². The fraction of sp³-hybridized carbons (Fsp3) is 0.462. The number of rotatable bonds is 3. The van der Waals surface area contributed by atoms with Gasteiger partial charge in [-0.3, -0.25) is 0 Å². The minimum atomic E-state index is 0.0757. The van der Waals surface area contributed by atoms with E-state index in [0.29, 0.717) is 5.92 Å². The van der Waals surface area contributed by atoms with E-state index in [1.54, 1.807) is 0 Å². The van der Waals surface area contributed by atoms with Gasteiger partial charge in [0.15, 0.2) is 0 Å². The Morgan fingerprint density at radius 1 is 1.40 bits per heavy atom. The summed E-state index contributed by atoms with van der Waals surface area (Å²) in [5, 5.41) is 0.751. The molecule has 1 aromatic carbocycles. The van der Waals surface area contributed by atoms with Gasteiger partial charge in [-0.05, 0) is 30.0 Å². The summed E-state index contributed by atoms with van der Waals surface area (Å²) in [4.78, 5) is 10.9. The van der Waals surface area contributed by atoms with Crippen LogP contribution in [-0.4, -0.2) is 6.29 Å². The lowest BCUT2D eigenvalue weighted by atomic mass is 9.83. The first kappa shape index (κ1) is 10.7. The van der Waals surface area contributed by atoms with Crippen molar-refractivity contribution in [1.82, 2.24) is 0 Å². The Morgan fingerprint density at radius 2 is 2.00 bits per heavy atom. The summed E-state index contributed by atoms with van der Waals surface area (Å²) in [7, 11) is 0. The molecule has 1 saturated carbocycles. The van der Waals surface area contributed by atoms with Gasteiger partial charge >= 0.3 is 0 Å².